The summed E-state index contributed by atoms with van der Waals surface area (Å²) >= 11 is 0. The van der Waals surface area contributed by atoms with Crippen LogP contribution in [0.2, 0.25) is 0 Å². The van der Waals surface area contributed by atoms with Crippen molar-refractivity contribution in [3.63, 3.8) is 0 Å². The van der Waals surface area contributed by atoms with Crippen molar-refractivity contribution in [2.24, 2.45) is 0 Å². The van der Waals surface area contributed by atoms with Crippen LogP contribution in [0.1, 0.15) is 51.5 Å². The molecule has 130 valence electrons. The molecule has 0 saturated carbocycles. The van der Waals surface area contributed by atoms with Crippen LogP contribution >= 0.6 is 0 Å². The van der Waals surface area contributed by atoms with Crippen molar-refractivity contribution < 1.29 is 8.42 Å². The normalized spacial score (nSPS) is 23.1. The van der Waals surface area contributed by atoms with Crippen LogP contribution in [0.3, 0.4) is 0 Å². The Hall–Kier alpha value is -0.910. The third-order valence-corrected chi connectivity index (χ3v) is 6.68. The SMILES string of the molecule is CCCCC[C@H]1NCCN(S(=O)(=O)c2ccc(C)cc2)[C@H]1CC. The van der Waals surface area contributed by atoms with Gasteiger partial charge >= 0.3 is 0 Å². The molecule has 1 N–H and O–H groups in total. The van der Waals surface area contributed by atoms with Gasteiger partial charge in [0.1, 0.15) is 0 Å². The zero-order valence-corrected chi connectivity index (χ0v) is 15.4. The smallest absolute Gasteiger partial charge is 0.243 e. The number of unbranched alkanes of at least 4 members (excludes halogenated alkanes) is 2. The summed E-state index contributed by atoms with van der Waals surface area (Å²) in [6.07, 6.45) is 5.44. The largest absolute Gasteiger partial charge is 0.311 e. The first-order valence-corrected chi connectivity index (χ1v) is 10.3. The lowest BCUT2D eigenvalue weighted by Gasteiger charge is -2.41. The number of nitrogens with zero attached hydrogens (tertiary/aromatic N) is 1. The van der Waals surface area contributed by atoms with Crippen molar-refractivity contribution in [3.05, 3.63) is 29.8 Å². The second-order valence-corrected chi connectivity index (χ2v) is 8.35. The molecule has 2 atom stereocenters. The highest BCUT2D eigenvalue weighted by Crippen LogP contribution is 2.25. The molecule has 23 heavy (non-hydrogen) atoms. The van der Waals surface area contributed by atoms with Gasteiger partial charge in [-0.15, -0.1) is 0 Å². The van der Waals surface area contributed by atoms with E-state index < -0.39 is 10.0 Å². The van der Waals surface area contributed by atoms with Gasteiger partial charge < -0.3 is 5.32 Å². The zero-order chi connectivity index (χ0) is 16.9. The van der Waals surface area contributed by atoms with E-state index in [2.05, 4.69) is 19.2 Å². The number of aryl methyl sites for hydroxylation is 1. The maximum absolute atomic E-state index is 13.0. The maximum atomic E-state index is 13.0. The second-order valence-electron chi connectivity index (χ2n) is 6.46. The van der Waals surface area contributed by atoms with Gasteiger partial charge in [-0.25, -0.2) is 8.42 Å². The van der Waals surface area contributed by atoms with Crippen molar-refractivity contribution in [2.75, 3.05) is 13.1 Å². The van der Waals surface area contributed by atoms with Gasteiger partial charge in [0.15, 0.2) is 0 Å². The van der Waals surface area contributed by atoms with Crippen LogP contribution < -0.4 is 5.32 Å². The molecule has 1 aliphatic rings. The van der Waals surface area contributed by atoms with Gasteiger partial charge in [0.25, 0.3) is 0 Å². The van der Waals surface area contributed by atoms with Gasteiger partial charge in [-0.3, -0.25) is 0 Å². The Balaban J connectivity index is 2.20. The molecule has 0 radical (unpaired) electrons. The first-order valence-electron chi connectivity index (χ1n) is 8.82. The Morgan fingerprint density at radius 2 is 1.87 bits per heavy atom. The molecule has 1 fully saturated rings. The summed E-state index contributed by atoms with van der Waals surface area (Å²) in [5, 5.41) is 3.54. The summed E-state index contributed by atoms with van der Waals surface area (Å²) in [6, 6.07) is 7.51. The fourth-order valence-electron chi connectivity index (χ4n) is 3.40. The molecule has 1 saturated heterocycles. The fraction of sp³-hybridized carbons (Fsp3) is 0.667. The van der Waals surface area contributed by atoms with E-state index in [1.165, 1.54) is 12.8 Å². The minimum Gasteiger partial charge on any atom is -0.311 e. The van der Waals surface area contributed by atoms with Crippen LogP contribution in [0.4, 0.5) is 0 Å². The molecular weight excluding hydrogens is 308 g/mol. The Morgan fingerprint density at radius 1 is 1.17 bits per heavy atom. The molecule has 1 aliphatic heterocycles. The summed E-state index contributed by atoms with van der Waals surface area (Å²) in [7, 11) is -3.41. The lowest BCUT2D eigenvalue weighted by Crippen LogP contribution is -2.59. The maximum Gasteiger partial charge on any atom is 0.243 e. The van der Waals surface area contributed by atoms with Gasteiger partial charge in [-0.05, 0) is 31.9 Å². The molecule has 1 aromatic rings. The highest BCUT2D eigenvalue weighted by Gasteiger charge is 2.37. The molecule has 0 unspecified atom stereocenters. The van der Waals surface area contributed by atoms with E-state index in [9.17, 15) is 8.42 Å². The van der Waals surface area contributed by atoms with E-state index in [1.807, 2.05) is 19.1 Å². The third kappa shape index (κ3) is 4.34. The number of sulfonamides is 1. The molecule has 2 rings (SSSR count). The minimum absolute atomic E-state index is 0.0481. The van der Waals surface area contributed by atoms with Crippen LogP contribution in [0, 0.1) is 6.92 Å². The van der Waals surface area contributed by atoms with Crippen molar-refractivity contribution in [1.82, 2.24) is 9.62 Å². The lowest BCUT2D eigenvalue weighted by atomic mass is 9.97. The first kappa shape index (κ1) is 18.4. The Bertz CT molecular complexity index is 584. The summed E-state index contributed by atoms with van der Waals surface area (Å²) in [4.78, 5) is 0.413. The van der Waals surface area contributed by atoms with Crippen LogP contribution in [-0.4, -0.2) is 37.9 Å². The Kier molecular flexibility index (Phi) is 6.62. The molecule has 5 heteroatoms. The van der Waals surface area contributed by atoms with Crippen molar-refractivity contribution >= 4 is 10.0 Å². The van der Waals surface area contributed by atoms with Crippen molar-refractivity contribution in [1.29, 1.82) is 0 Å². The van der Waals surface area contributed by atoms with E-state index in [0.717, 1.165) is 31.4 Å². The molecule has 0 amide bonds. The van der Waals surface area contributed by atoms with Gasteiger partial charge in [-0.2, -0.15) is 4.31 Å². The van der Waals surface area contributed by atoms with Gasteiger partial charge in [0, 0.05) is 25.2 Å². The number of piperazine rings is 1. The molecule has 0 aliphatic carbocycles. The Morgan fingerprint density at radius 3 is 2.48 bits per heavy atom. The van der Waals surface area contributed by atoms with Crippen molar-refractivity contribution in [2.45, 2.75) is 69.9 Å². The van der Waals surface area contributed by atoms with Crippen LogP contribution in [-0.2, 0) is 10.0 Å². The molecule has 1 heterocycles. The standard InChI is InChI=1S/C18H30N2O2S/c1-4-6-7-8-17-18(5-2)20(14-13-19-17)23(21,22)16-11-9-15(3)10-12-16/h9-12,17-19H,4-8,13-14H2,1-3H3/t17-,18+/m1/s1. The predicted molar refractivity (Wildman–Crippen MR) is 95.1 cm³/mol. The quantitative estimate of drug-likeness (QED) is 0.776. The lowest BCUT2D eigenvalue weighted by molar-refractivity contribution is 0.192. The van der Waals surface area contributed by atoms with E-state index in [1.54, 1.807) is 16.4 Å². The molecule has 0 spiro atoms. The van der Waals surface area contributed by atoms with Crippen LogP contribution in [0.15, 0.2) is 29.2 Å². The topological polar surface area (TPSA) is 49.4 Å². The number of hydrogen-bond donors (Lipinski definition) is 1. The summed E-state index contributed by atoms with van der Waals surface area (Å²) in [5.41, 5.74) is 1.08. The summed E-state index contributed by atoms with van der Waals surface area (Å²) in [5.74, 6) is 0. The van der Waals surface area contributed by atoms with E-state index in [-0.39, 0.29) is 12.1 Å². The third-order valence-electron chi connectivity index (χ3n) is 4.74. The monoisotopic (exact) mass is 338 g/mol. The number of benzene rings is 1. The minimum atomic E-state index is -3.41. The highest BCUT2D eigenvalue weighted by atomic mass is 32.2. The Labute approximate surface area is 141 Å². The first-order chi connectivity index (χ1) is 11.0. The molecule has 0 bridgehead atoms. The van der Waals surface area contributed by atoms with Gasteiger partial charge in [-0.1, -0.05) is 50.8 Å². The molecule has 4 nitrogen and oxygen atoms in total. The predicted octanol–water partition coefficient (Wildman–Crippen LogP) is 3.32. The molecule has 1 aromatic carbocycles. The fourth-order valence-corrected chi connectivity index (χ4v) is 5.14. The van der Waals surface area contributed by atoms with E-state index in [4.69, 9.17) is 0 Å². The van der Waals surface area contributed by atoms with Gasteiger partial charge in [0.05, 0.1) is 4.90 Å². The summed E-state index contributed by atoms with van der Waals surface area (Å²) in [6.45, 7) is 7.54. The molecule has 0 aromatic heterocycles. The second kappa shape index (κ2) is 8.27. The van der Waals surface area contributed by atoms with Crippen LogP contribution in [0.5, 0.6) is 0 Å². The van der Waals surface area contributed by atoms with E-state index >= 15 is 0 Å². The number of rotatable bonds is 7. The average Bonchev–Trinajstić information content (AvgIpc) is 2.55. The summed E-state index contributed by atoms with van der Waals surface area (Å²) < 4.78 is 27.8. The van der Waals surface area contributed by atoms with Crippen molar-refractivity contribution in [3.8, 4) is 0 Å². The highest BCUT2D eigenvalue weighted by molar-refractivity contribution is 7.89. The number of hydrogen-bond acceptors (Lipinski definition) is 3. The van der Waals surface area contributed by atoms with Crippen LogP contribution in [0.25, 0.3) is 0 Å². The van der Waals surface area contributed by atoms with E-state index in [0.29, 0.717) is 11.4 Å². The average molecular weight is 339 g/mol. The number of nitrogens with one attached hydrogen (secondary N) is 1. The van der Waals surface area contributed by atoms with Gasteiger partial charge in [0.2, 0.25) is 10.0 Å². The zero-order valence-electron chi connectivity index (χ0n) is 14.6. The molecular formula is C18H30N2O2S.